The van der Waals surface area contributed by atoms with Crippen molar-refractivity contribution in [2.45, 2.75) is 11.8 Å². The van der Waals surface area contributed by atoms with Crippen molar-refractivity contribution in [3.63, 3.8) is 0 Å². The molecule has 0 aliphatic heterocycles. The minimum Gasteiger partial charge on any atom is -0.458 e. The fourth-order valence-corrected chi connectivity index (χ4v) is 3.25. The fourth-order valence-electron chi connectivity index (χ4n) is 2.00. The lowest BCUT2D eigenvalue weighted by molar-refractivity contribution is 0.533. The number of aromatic amines is 1. The molecule has 2 N–H and O–H groups in total. The van der Waals surface area contributed by atoms with Crippen molar-refractivity contribution >= 4 is 15.7 Å². The summed E-state index contributed by atoms with van der Waals surface area (Å²) >= 11 is 0. The summed E-state index contributed by atoms with van der Waals surface area (Å²) in [4.78, 5) is -0.0552. The normalized spacial score (nSPS) is 11.5. The number of aryl methyl sites for hydroxylation is 1. The van der Waals surface area contributed by atoms with Crippen LogP contribution in [0, 0.1) is 12.7 Å². The van der Waals surface area contributed by atoms with Gasteiger partial charge in [-0.25, -0.2) is 12.8 Å². The maximum Gasteiger partial charge on any atom is 0.265 e. The second kappa shape index (κ2) is 5.30. The Balaban J connectivity index is 1.98. The van der Waals surface area contributed by atoms with Crippen LogP contribution in [0.2, 0.25) is 0 Å². The van der Waals surface area contributed by atoms with Crippen molar-refractivity contribution in [3.8, 4) is 11.5 Å². The summed E-state index contributed by atoms with van der Waals surface area (Å²) in [6.45, 7) is 1.52. The Morgan fingerprint density at radius 1 is 1.27 bits per heavy atom. The first-order valence-corrected chi connectivity index (χ1v) is 7.83. The molecule has 0 saturated heterocycles. The van der Waals surface area contributed by atoms with Gasteiger partial charge in [0.2, 0.25) is 0 Å². The summed E-state index contributed by atoms with van der Waals surface area (Å²) in [5.74, 6) is -0.113. The summed E-state index contributed by atoms with van der Waals surface area (Å²) in [5.41, 5.74) is 0.432. The maximum absolute atomic E-state index is 13.6. The molecule has 0 aliphatic rings. The van der Waals surface area contributed by atoms with Gasteiger partial charge in [-0.1, -0.05) is 12.1 Å². The molecule has 3 rings (SSSR count). The number of anilines is 1. The average Bonchev–Trinajstić information content (AvgIpc) is 3.10. The highest BCUT2D eigenvalue weighted by atomic mass is 32.2. The van der Waals surface area contributed by atoms with Crippen LogP contribution in [-0.4, -0.2) is 18.6 Å². The number of furan rings is 1. The molecule has 0 radical (unpaired) electrons. The molecule has 22 heavy (non-hydrogen) atoms. The highest BCUT2D eigenvalue weighted by molar-refractivity contribution is 7.92. The lowest BCUT2D eigenvalue weighted by atomic mass is 10.3. The van der Waals surface area contributed by atoms with E-state index in [2.05, 4.69) is 14.9 Å². The van der Waals surface area contributed by atoms with E-state index in [1.807, 2.05) is 0 Å². The molecule has 0 bridgehead atoms. The SMILES string of the molecule is Cc1oc(-c2ccn[nH]2)cc1S(=O)(=O)Nc1ccccc1F. The zero-order valence-corrected chi connectivity index (χ0v) is 12.3. The second-order valence-corrected chi connectivity index (χ2v) is 6.24. The van der Waals surface area contributed by atoms with Gasteiger partial charge in [0.25, 0.3) is 10.0 Å². The van der Waals surface area contributed by atoms with E-state index in [0.717, 1.165) is 0 Å². The molecule has 8 heteroatoms. The standard InChI is InChI=1S/C14H12FN3O3S/c1-9-14(8-13(21-9)12-6-7-16-17-12)22(19,20)18-11-5-3-2-4-10(11)15/h2-8,18H,1H3,(H,16,17). The van der Waals surface area contributed by atoms with Crippen LogP contribution >= 0.6 is 0 Å². The molecule has 3 aromatic rings. The van der Waals surface area contributed by atoms with Gasteiger partial charge in [-0.2, -0.15) is 5.10 Å². The Morgan fingerprint density at radius 3 is 2.73 bits per heavy atom. The highest BCUT2D eigenvalue weighted by Crippen LogP contribution is 2.28. The van der Waals surface area contributed by atoms with E-state index in [1.54, 1.807) is 12.1 Å². The van der Waals surface area contributed by atoms with Crippen LogP contribution in [0.3, 0.4) is 0 Å². The largest absolute Gasteiger partial charge is 0.458 e. The van der Waals surface area contributed by atoms with Gasteiger partial charge < -0.3 is 4.42 Å². The Kier molecular flexibility index (Phi) is 3.45. The number of rotatable bonds is 4. The van der Waals surface area contributed by atoms with Crippen molar-refractivity contribution in [2.75, 3.05) is 4.72 Å². The average molecular weight is 321 g/mol. The van der Waals surface area contributed by atoms with Crippen LogP contribution in [0.5, 0.6) is 0 Å². The number of hydrogen-bond donors (Lipinski definition) is 2. The van der Waals surface area contributed by atoms with Crippen LogP contribution in [0.1, 0.15) is 5.76 Å². The summed E-state index contributed by atoms with van der Waals surface area (Å²) in [6.07, 6.45) is 1.53. The predicted molar refractivity (Wildman–Crippen MR) is 78.2 cm³/mol. The topological polar surface area (TPSA) is 88.0 Å². The summed E-state index contributed by atoms with van der Waals surface area (Å²) < 4.78 is 46.0. The molecule has 6 nitrogen and oxygen atoms in total. The quantitative estimate of drug-likeness (QED) is 0.773. The number of halogens is 1. The number of aromatic nitrogens is 2. The summed E-state index contributed by atoms with van der Waals surface area (Å²) in [5, 5.41) is 6.46. The van der Waals surface area contributed by atoms with Crippen LogP contribution in [0.15, 0.2) is 51.9 Å². The highest BCUT2D eigenvalue weighted by Gasteiger charge is 2.23. The number of sulfonamides is 1. The first-order valence-electron chi connectivity index (χ1n) is 6.35. The summed E-state index contributed by atoms with van der Waals surface area (Å²) in [7, 11) is -3.95. The van der Waals surface area contributed by atoms with Gasteiger partial charge in [0.05, 0.1) is 5.69 Å². The molecular weight excluding hydrogens is 309 g/mol. The van der Waals surface area contributed by atoms with Crippen molar-refractivity contribution in [1.29, 1.82) is 0 Å². The maximum atomic E-state index is 13.6. The van der Waals surface area contributed by atoms with E-state index in [9.17, 15) is 12.8 Å². The van der Waals surface area contributed by atoms with Crippen molar-refractivity contribution in [2.24, 2.45) is 0 Å². The van der Waals surface area contributed by atoms with E-state index >= 15 is 0 Å². The van der Waals surface area contributed by atoms with E-state index in [4.69, 9.17) is 4.42 Å². The van der Waals surface area contributed by atoms with Crippen LogP contribution in [-0.2, 0) is 10.0 Å². The number of nitrogens with zero attached hydrogens (tertiary/aromatic N) is 1. The third-order valence-electron chi connectivity index (χ3n) is 3.05. The molecule has 0 saturated carbocycles. The van der Waals surface area contributed by atoms with Crippen LogP contribution < -0.4 is 4.72 Å². The minimum absolute atomic E-state index is 0.0552. The Labute approximate surface area is 126 Å². The third kappa shape index (κ3) is 2.60. The van der Waals surface area contributed by atoms with Gasteiger partial charge in [-0.05, 0) is 25.1 Å². The number of hydrogen-bond acceptors (Lipinski definition) is 4. The van der Waals surface area contributed by atoms with Gasteiger partial charge in [-0.15, -0.1) is 0 Å². The third-order valence-corrected chi connectivity index (χ3v) is 4.52. The molecule has 2 heterocycles. The number of benzene rings is 1. The Hall–Kier alpha value is -2.61. The number of para-hydroxylation sites is 1. The molecule has 114 valence electrons. The fraction of sp³-hybridized carbons (Fsp3) is 0.0714. The van der Waals surface area contributed by atoms with E-state index in [0.29, 0.717) is 11.5 Å². The predicted octanol–water partition coefficient (Wildman–Crippen LogP) is 2.92. The number of nitrogens with one attached hydrogen (secondary N) is 2. The monoisotopic (exact) mass is 321 g/mol. The van der Waals surface area contributed by atoms with E-state index in [-0.39, 0.29) is 16.3 Å². The van der Waals surface area contributed by atoms with Crippen LogP contribution in [0.25, 0.3) is 11.5 Å². The summed E-state index contributed by atoms with van der Waals surface area (Å²) in [6, 6.07) is 8.56. The lowest BCUT2D eigenvalue weighted by Gasteiger charge is -2.07. The van der Waals surface area contributed by atoms with Crippen molar-refractivity contribution in [3.05, 3.63) is 54.2 Å². The molecule has 0 unspecified atom stereocenters. The van der Waals surface area contributed by atoms with E-state index < -0.39 is 15.8 Å². The molecular formula is C14H12FN3O3S. The van der Waals surface area contributed by atoms with Gasteiger partial charge in [0.1, 0.15) is 22.2 Å². The molecule has 1 aromatic carbocycles. The van der Waals surface area contributed by atoms with Crippen molar-refractivity contribution in [1.82, 2.24) is 10.2 Å². The first kappa shape index (κ1) is 14.3. The van der Waals surface area contributed by atoms with Gasteiger partial charge in [0, 0.05) is 12.3 Å². The minimum atomic E-state index is -3.95. The Morgan fingerprint density at radius 2 is 2.05 bits per heavy atom. The molecule has 0 atom stereocenters. The first-order chi connectivity index (χ1) is 10.5. The van der Waals surface area contributed by atoms with Crippen LogP contribution in [0.4, 0.5) is 10.1 Å². The molecule has 0 fully saturated rings. The molecule has 0 aliphatic carbocycles. The number of H-pyrrole nitrogens is 1. The van der Waals surface area contributed by atoms with Gasteiger partial charge >= 0.3 is 0 Å². The smallest absolute Gasteiger partial charge is 0.265 e. The van der Waals surface area contributed by atoms with E-state index in [1.165, 1.54) is 37.4 Å². The molecule has 0 spiro atoms. The zero-order valence-electron chi connectivity index (χ0n) is 11.5. The molecule has 0 amide bonds. The van der Waals surface area contributed by atoms with Gasteiger partial charge in [0.15, 0.2) is 5.76 Å². The Bertz CT molecular complexity index is 901. The van der Waals surface area contributed by atoms with Crippen molar-refractivity contribution < 1.29 is 17.2 Å². The lowest BCUT2D eigenvalue weighted by Crippen LogP contribution is -2.14. The van der Waals surface area contributed by atoms with Gasteiger partial charge in [-0.3, -0.25) is 9.82 Å². The molecule has 2 aromatic heterocycles. The second-order valence-electron chi connectivity index (χ2n) is 4.59. The zero-order chi connectivity index (χ0) is 15.7.